The van der Waals surface area contributed by atoms with Gasteiger partial charge in [-0.05, 0) is 89.4 Å². The lowest BCUT2D eigenvalue weighted by atomic mass is 10.2. The van der Waals surface area contributed by atoms with Crippen LogP contribution >= 0.6 is 0 Å². The van der Waals surface area contributed by atoms with Crippen LogP contribution in [0.25, 0.3) is 10.9 Å². The molecule has 0 bridgehead atoms. The van der Waals surface area contributed by atoms with Crippen LogP contribution in [0.1, 0.15) is 44.2 Å². The SMILES string of the molecule is NCCCNCCCCNCCCN(O)CCCN(O)CCCNC(=O)Cc1cc2c(O)cccc2[nH]1. The molecule has 1 aromatic carbocycles. The Balaban J connectivity index is 1.40. The highest BCUT2D eigenvalue weighted by atomic mass is 16.5. The number of rotatable bonds is 22. The van der Waals surface area contributed by atoms with Crippen molar-refractivity contribution in [2.24, 2.45) is 5.73 Å². The summed E-state index contributed by atoms with van der Waals surface area (Å²) < 4.78 is 0. The smallest absolute Gasteiger partial charge is 0.225 e. The number of phenolic OH excluding ortho intramolecular Hbond substituents is 1. The minimum atomic E-state index is -0.115. The molecule has 0 atom stereocenters. The van der Waals surface area contributed by atoms with Gasteiger partial charge in [-0.15, -0.1) is 0 Å². The van der Waals surface area contributed by atoms with Gasteiger partial charge in [0.25, 0.3) is 0 Å². The molecule has 0 aliphatic heterocycles. The van der Waals surface area contributed by atoms with Crippen LogP contribution in [0.15, 0.2) is 24.3 Å². The van der Waals surface area contributed by atoms with Crippen molar-refractivity contribution in [3.63, 3.8) is 0 Å². The zero-order chi connectivity index (χ0) is 26.7. The van der Waals surface area contributed by atoms with Gasteiger partial charge in [-0.3, -0.25) is 4.79 Å². The molecule has 37 heavy (non-hydrogen) atoms. The monoisotopic (exact) mass is 521 g/mol. The van der Waals surface area contributed by atoms with Gasteiger partial charge in [0, 0.05) is 49.3 Å². The number of aromatic amines is 1. The van der Waals surface area contributed by atoms with E-state index < -0.39 is 0 Å². The van der Waals surface area contributed by atoms with E-state index in [0.29, 0.717) is 51.0 Å². The summed E-state index contributed by atoms with van der Waals surface area (Å²) in [4.78, 5) is 15.3. The number of nitrogens with zero attached hydrogens (tertiary/aromatic N) is 2. The number of carbonyl (C=O) groups excluding carboxylic acids is 1. The number of H-pyrrole nitrogens is 1. The topological polar surface area (TPSA) is 162 Å². The van der Waals surface area contributed by atoms with Gasteiger partial charge in [0.15, 0.2) is 0 Å². The van der Waals surface area contributed by atoms with Crippen LogP contribution in [-0.4, -0.2) is 102 Å². The molecule has 1 heterocycles. The first-order chi connectivity index (χ1) is 18.0. The highest BCUT2D eigenvalue weighted by Crippen LogP contribution is 2.24. The summed E-state index contributed by atoms with van der Waals surface area (Å²) in [6.07, 6.45) is 5.63. The van der Waals surface area contributed by atoms with Crippen molar-refractivity contribution in [2.75, 3.05) is 65.4 Å². The molecule has 2 rings (SSSR count). The van der Waals surface area contributed by atoms with E-state index in [1.165, 1.54) is 10.1 Å². The maximum Gasteiger partial charge on any atom is 0.225 e. The summed E-state index contributed by atoms with van der Waals surface area (Å²) in [5, 5.41) is 42.7. The summed E-state index contributed by atoms with van der Waals surface area (Å²) in [6.45, 7) is 7.08. The number of aromatic nitrogens is 1. The highest BCUT2D eigenvalue weighted by Gasteiger charge is 2.09. The first-order valence-corrected chi connectivity index (χ1v) is 13.5. The molecule has 0 aliphatic rings. The summed E-state index contributed by atoms with van der Waals surface area (Å²) >= 11 is 0. The van der Waals surface area contributed by atoms with Gasteiger partial charge >= 0.3 is 0 Å². The first kappa shape index (κ1) is 31.0. The van der Waals surface area contributed by atoms with Crippen molar-refractivity contribution in [2.45, 2.75) is 44.9 Å². The second-order valence-electron chi connectivity index (χ2n) is 9.38. The standard InChI is InChI=1S/C26H47N7O4/c27-10-4-13-28-11-1-2-12-29-14-5-16-32(36)18-7-19-33(37)17-6-15-30-26(35)21-22-20-23-24(31-22)8-3-9-25(23)34/h3,8-9,20,28-29,31,34,36-37H,1-2,4-7,10-19,21,27H2,(H,30,35). The van der Waals surface area contributed by atoms with Crippen LogP contribution in [0.3, 0.4) is 0 Å². The third kappa shape index (κ3) is 13.7. The maximum atomic E-state index is 12.2. The number of carbonyl (C=O) groups is 1. The zero-order valence-electron chi connectivity index (χ0n) is 22.1. The Labute approximate surface area is 220 Å². The Kier molecular flexibility index (Phi) is 15.8. The van der Waals surface area contributed by atoms with E-state index in [1.807, 2.05) is 6.07 Å². The van der Waals surface area contributed by atoms with Crippen LogP contribution < -0.4 is 21.7 Å². The number of hydrogen-bond acceptors (Lipinski definition) is 9. The normalized spacial score (nSPS) is 11.7. The van der Waals surface area contributed by atoms with Crippen molar-refractivity contribution in [1.82, 2.24) is 31.1 Å². The Morgan fingerprint density at radius 2 is 1.43 bits per heavy atom. The number of amides is 1. The molecular weight excluding hydrogens is 474 g/mol. The van der Waals surface area contributed by atoms with Gasteiger partial charge in [-0.1, -0.05) is 6.07 Å². The number of nitrogens with two attached hydrogens (primary N) is 1. The van der Waals surface area contributed by atoms with Crippen molar-refractivity contribution in [3.05, 3.63) is 30.0 Å². The van der Waals surface area contributed by atoms with Crippen LogP contribution in [0.5, 0.6) is 5.75 Å². The van der Waals surface area contributed by atoms with Crippen molar-refractivity contribution >= 4 is 16.8 Å². The fourth-order valence-corrected chi connectivity index (χ4v) is 4.04. The lowest BCUT2D eigenvalue weighted by molar-refractivity contribution is -0.121. The van der Waals surface area contributed by atoms with Crippen molar-refractivity contribution < 1.29 is 20.3 Å². The summed E-state index contributed by atoms with van der Waals surface area (Å²) in [5.41, 5.74) is 6.99. The van der Waals surface area contributed by atoms with Crippen LogP contribution in [-0.2, 0) is 11.2 Å². The van der Waals surface area contributed by atoms with Gasteiger partial charge < -0.3 is 42.2 Å². The molecule has 0 saturated carbocycles. The average molecular weight is 522 g/mol. The van der Waals surface area contributed by atoms with Crippen molar-refractivity contribution in [1.29, 1.82) is 0 Å². The lowest BCUT2D eigenvalue weighted by Gasteiger charge is -2.18. The molecular formula is C26H47N7O4. The van der Waals surface area contributed by atoms with E-state index in [2.05, 4.69) is 20.9 Å². The third-order valence-corrected chi connectivity index (χ3v) is 6.08. The van der Waals surface area contributed by atoms with E-state index in [9.17, 15) is 20.3 Å². The molecule has 0 unspecified atom stereocenters. The van der Waals surface area contributed by atoms with Gasteiger partial charge in [0.2, 0.25) is 5.91 Å². The van der Waals surface area contributed by atoms with Gasteiger partial charge in [0.1, 0.15) is 5.75 Å². The number of nitrogens with one attached hydrogen (secondary N) is 4. The molecule has 0 spiro atoms. The van der Waals surface area contributed by atoms with Gasteiger partial charge in [0.05, 0.1) is 6.42 Å². The largest absolute Gasteiger partial charge is 0.507 e. The number of benzene rings is 1. The second-order valence-corrected chi connectivity index (χ2v) is 9.38. The maximum absolute atomic E-state index is 12.2. The Morgan fingerprint density at radius 1 is 0.838 bits per heavy atom. The Hall–Kier alpha value is -2.25. The van der Waals surface area contributed by atoms with Crippen LogP contribution in [0.4, 0.5) is 0 Å². The van der Waals surface area contributed by atoms with Crippen LogP contribution in [0.2, 0.25) is 0 Å². The molecule has 11 heteroatoms. The summed E-state index contributed by atoms with van der Waals surface area (Å²) in [6, 6.07) is 7.01. The number of hydrogen-bond donors (Lipinski definition) is 8. The quantitative estimate of drug-likeness (QED) is 0.0845. The Bertz CT molecular complexity index is 880. The molecule has 1 amide bonds. The van der Waals surface area contributed by atoms with Crippen molar-refractivity contribution in [3.8, 4) is 5.75 Å². The third-order valence-electron chi connectivity index (χ3n) is 6.08. The lowest BCUT2D eigenvalue weighted by Crippen LogP contribution is -2.31. The minimum absolute atomic E-state index is 0.115. The van der Waals surface area contributed by atoms with E-state index in [-0.39, 0.29) is 18.1 Å². The number of phenols is 1. The zero-order valence-corrected chi connectivity index (χ0v) is 22.1. The van der Waals surface area contributed by atoms with Gasteiger partial charge in [-0.25, -0.2) is 0 Å². The predicted octanol–water partition coefficient (Wildman–Crippen LogP) is 1.39. The van der Waals surface area contributed by atoms with E-state index >= 15 is 0 Å². The van der Waals surface area contributed by atoms with E-state index in [0.717, 1.165) is 69.6 Å². The fourth-order valence-electron chi connectivity index (χ4n) is 4.04. The van der Waals surface area contributed by atoms with Crippen LogP contribution in [0, 0.1) is 0 Å². The van der Waals surface area contributed by atoms with E-state index in [1.54, 1.807) is 18.2 Å². The summed E-state index contributed by atoms with van der Waals surface area (Å²) in [7, 11) is 0. The number of fused-ring (bicyclic) bond motifs is 1. The molecule has 0 saturated heterocycles. The molecule has 210 valence electrons. The first-order valence-electron chi connectivity index (χ1n) is 13.5. The molecule has 9 N–H and O–H groups in total. The molecule has 1 aromatic heterocycles. The second kappa shape index (κ2) is 18.9. The average Bonchev–Trinajstić information content (AvgIpc) is 3.29. The molecule has 0 aliphatic carbocycles. The number of aromatic hydroxyl groups is 1. The number of hydroxylamine groups is 4. The van der Waals surface area contributed by atoms with Gasteiger partial charge in [-0.2, -0.15) is 10.1 Å². The molecule has 0 radical (unpaired) electrons. The number of unbranched alkanes of at least 4 members (excludes halogenated alkanes) is 1. The van der Waals surface area contributed by atoms with E-state index in [4.69, 9.17) is 5.73 Å². The highest BCUT2D eigenvalue weighted by molar-refractivity contribution is 5.88. The Morgan fingerprint density at radius 3 is 2.08 bits per heavy atom. The summed E-state index contributed by atoms with van der Waals surface area (Å²) in [5.74, 6) is 0.0745. The minimum Gasteiger partial charge on any atom is -0.507 e. The molecule has 0 fully saturated rings. The predicted molar refractivity (Wildman–Crippen MR) is 146 cm³/mol. The molecule has 2 aromatic rings. The molecule has 11 nitrogen and oxygen atoms in total. The fraction of sp³-hybridized carbons (Fsp3) is 0.654.